The van der Waals surface area contributed by atoms with Crippen molar-refractivity contribution in [3.8, 4) is 0 Å². The minimum absolute atomic E-state index is 0.0541. The van der Waals surface area contributed by atoms with Crippen LogP contribution in [0.3, 0.4) is 0 Å². The van der Waals surface area contributed by atoms with Gasteiger partial charge in [0.2, 0.25) is 0 Å². The molecule has 0 radical (unpaired) electrons. The average Bonchev–Trinajstić information content (AvgIpc) is 2.81. The van der Waals surface area contributed by atoms with Crippen LogP contribution in [-0.4, -0.2) is 16.1 Å². The van der Waals surface area contributed by atoms with E-state index in [0.717, 1.165) is 36.5 Å². The molecule has 21 heavy (non-hydrogen) atoms. The SMILES string of the molecule is CC1Cc2nc(C3CCCC(C(F)(F)F)C3)[nH]c2CC1C. The van der Waals surface area contributed by atoms with Gasteiger partial charge in [-0.25, -0.2) is 4.98 Å². The van der Waals surface area contributed by atoms with E-state index in [4.69, 9.17) is 0 Å². The zero-order valence-electron chi connectivity index (χ0n) is 12.6. The van der Waals surface area contributed by atoms with Crippen LogP contribution in [0.25, 0.3) is 0 Å². The van der Waals surface area contributed by atoms with E-state index in [9.17, 15) is 13.2 Å². The summed E-state index contributed by atoms with van der Waals surface area (Å²) in [5, 5.41) is 0. The zero-order chi connectivity index (χ0) is 15.2. The molecular formula is C16H23F3N2. The largest absolute Gasteiger partial charge is 0.391 e. The maximum Gasteiger partial charge on any atom is 0.391 e. The fourth-order valence-electron chi connectivity index (χ4n) is 3.76. The number of alkyl halides is 3. The van der Waals surface area contributed by atoms with Crippen molar-refractivity contribution in [2.45, 2.75) is 64.5 Å². The number of H-pyrrole nitrogens is 1. The van der Waals surface area contributed by atoms with Crippen molar-refractivity contribution >= 4 is 0 Å². The van der Waals surface area contributed by atoms with E-state index < -0.39 is 12.1 Å². The highest BCUT2D eigenvalue weighted by molar-refractivity contribution is 5.21. The normalized spacial score (nSPS) is 33.8. The van der Waals surface area contributed by atoms with Gasteiger partial charge in [-0.15, -0.1) is 0 Å². The van der Waals surface area contributed by atoms with E-state index in [0.29, 0.717) is 18.3 Å². The maximum atomic E-state index is 12.9. The number of aromatic amines is 1. The Hall–Kier alpha value is -1.00. The van der Waals surface area contributed by atoms with Crippen LogP contribution in [0, 0.1) is 17.8 Å². The molecule has 4 unspecified atom stereocenters. The number of fused-ring (bicyclic) bond motifs is 1. The fraction of sp³-hybridized carbons (Fsp3) is 0.812. The predicted molar refractivity (Wildman–Crippen MR) is 75.1 cm³/mol. The first-order valence-electron chi connectivity index (χ1n) is 7.99. The quantitative estimate of drug-likeness (QED) is 0.805. The summed E-state index contributed by atoms with van der Waals surface area (Å²) < 4.78 is 38.8. The van der Waals surface area contributed by atoms with Gasteiger partial charge in [0.05, 0.1) is 11.6 Å². The molecule has 0 bridgehead atoms. The monoisotopic (exact) mass is 300 g/mol. The van der Waals surface area contributed by atoms with Crippen molar-refractivity contribution < 1.29 is 13.2 Å². The first kappa shape index (κ1) is 14.9. The third kappa shape index (κ3) is 2.97. The summed E-state index contributed by atoms with van der Waals surface area (Å²) in [6, 6.07) is 0. The Bertz CT molecular complexity index is 479. The molecule has 1 saturated carbocycles. The van der Waals surface area contributed by atoms with E-state index in [1.165, 1.54) is 0 Å². The summed E-state index contributed by atoms with van der Waals surface area (Å²) in [5.74, 6) is 0.802. The Balaban J connectivity index is 1.77. The van der Waals surface area contributed by atoms with E-state index in [-0.39, 0.29) is 18.8 Å². The van der Waals surface area contributed by atoms with Crippen molar-refractivity contribution in [2.24, 2.45) is 17.8 Å². The second-order valence-corrected chi connectivity index (χ2v) is 7.01. The Morgan fingerprint density at radius 2 is 1.81 bits per heavy atom. The highest BCUT2D eigenvalue weighted by Gasteiger charge is 2.43. The molecule has 0 aromatic carbocycles. The van der Waals surface area contributed by atoms with Gasteiger partial charge in [-0.05, 0) is 43.9 Å². The summed E-state index contributed by atoms with van der Waals surface area (Å²) >= 11 is 0. The number of nitrogens with one attached hydrogen (secondary N) is 1. The third-order valence-electron chi connectivity index (χ3n) is 5.42. The molecule has 2 aliphatic rings. The average molecular weight is 300 g/mol. The second kappa shape index (κ2) is 5.33. The van der Waals surface area contributed by atoms with Gasteiger partial charge in [-0.2, -0.15) is 13.2 Å². The lowest BCUT2D eigenvalue weighted by Gasteiger charge is -2.29. The summed E-state index contributed by atoms with van der Waals surface area (Å²) in [6.45, 7) is 4.46. The lowest BCUT2D eigenvalue weighted by molar-refractivity contribution is -0.183. The number of halogens is 3. The van der Waals surface area contributed by atoms with E-state index in [2.05, 4.69) is 23.8 Å². The standard InChI is InChI=1S/C16H23F3N2/c1-9-6-13-14(7-10(9)2)21-15(20-13)11-4-3-5-12(8-11)16(17,18)19/h9-12H,3-8H2,1-2H3,(H,20,21). The lowest BCUT2D eigenvalue weighted by Crippen LogP contribution is -2.28. The van der Waals surface area contributed by atoms with Crippen LogP contribution in [0.15, 0.2) is 0 Å². The number of hydrogen-bond donors (Lipinski definition) is 1. The Labute approximate surface area is 123 Å². The number of imidazole rings is 1. The highest BCUT2D eigenvalue weighted by Crippen LogP contribution is 2.43. The van der Waals surface area contributed by atoms with Gasteiger partial charge in [-0.3, -0.25) is 0 Å². The van der Waals surface area contributed by atoms with Crippen LogP contribution in [0.2, 0.25) is 0 Å². The summed E-state index contributed by atoms with van der Waals surface area (Å²) in [6.07, 6.45) is -0.207. The number of nitrogens with zero attached hydrogens (tertiary/aromatic N) is 1. The minimum Gasteiger partial charge on any atom is -0.345 e. The molecule has 118 valence electrons. The third-order valence-corrected chi connectivity index (χ3v) is 5.42. The lowest BCUT2D eigenvalue weighted by atomic mass is 9.80. The number of aromatic nitrogens is 2. The van der Waals surface area contributed by atoms with E-state index in [1.54, 1.807) is 0 Å². The molecule has 1 fully saturated rings. The first-order valence-corrected chi connectivity index (χ1v) is 7.99. The van der Waals surface area contributed by atoms with Crippen molar-refractivity contribution in [2.75, 3.05) is 0 Å². The molecule has 1 aromatic rings. The molecule has 0 amide bonds. The van der Waals surface area contributed by atoms with Crippen LogP contribution in [-0.2, 0) is 12.8 Å². The summed E-state index contributed by atoms with van der Waals surface area (Å²) in [5.41, 5.74) is 2.24. The van der Waals surface area contributed by atoms with Gasteiger partial charge in [0.25, 0.3) is 0 Å². The second-order valence-electron chi connectivity index (χ2n) is 7.01. The Morgan fingerprint density at radius 1 is 1.10 bits per heavy atom. The molecule has 0 saturated heterocycles. The molecule has 5 heteroatoms. The molecule has 1 heterocycles. The maximum absolute atomic E-state index is 12.9. The minimum atomic E-state index is -4.06. The molecule has 1 N–H and O–H groups in total. The summed E-state index contributed by atoms with van der Waals surface area (Å²) in [4.78, 5) is 8.00. The van der Waals surface area contributed by atoms with Crippen molar-refractivity contribution in [1.82, 2.24) is 9.97 Å². The predicted octanol–water partition coefficient (Wildman–Crippen LogP) is 4.62. The zero-order valence-corrected chi connectivity index (χ0v) is 12.6. The van der Waals surface area contributed by atoms with Crippen molar-refractivity contribution in [3.63, 3.8) is 0 Å². The van der Waals surface area contributed by atoms with E-state index >= 15 is 0 Å². The molecule has 2 aliphatic carbocycles. The number of rotatable bonds is 1. The van der Waals surface area contributed by atoms with Gasteiger partial charge in [0.15, 0.2) is 0 Å². The molecular weight excluding hydrogens is 277 g/mol. The highest BCUT2D eigenvalue weighted by atomic mass is 19.4. The van der Waals surface area contributed by atoms with Gasteiger partial charge < -0.3 is 4.98 Å². The molecule has 0 aliphatic heterocycles. The first-order chi connectivity index (χ1) is 9.84. The number of hydrogen-bond acceptors (Lipinski definition) is 1. The van der Waals surface area contributed by atoms with E-state index in [1.807, 2.05) is 0 Å². The molecule has 2 nitrogen and oxygen atoms in total. The van der Waals surface area contributed by atoms with Gasteiger partial charge in [-0.1, -0.05) is 20.3 Å². The van der Waals surface area contributed by atoms with Gasteiger partial charge in [0.1, 0.15) is 5.82 Å². The molecule has 0 spiro atoms. The van der Waals surface area contributed by atoms with Crippen molar-refractivity contribution in [3.05, 3.63) is 17.2 Å². The molecule has 4 atom stereocenters. The van der Waals surface area contributed by atoms with Crippen LogP contribution in [0.4, 0.5) is 13.2 Å². The molecule has 1 aromatic heterocycles. The van der Waals surface area contributed by atoms with Crippen LogP contribution >= 0.6 is 0 Å². The van der Waals surface area contributed by atoms with Crippen molar-refractivity contribution in [1.29, 1.82) is 0 Å². The van der Waals surface area contributed by atoms with Gasteiger partial charge in [0, 0.05) is 11.6 Å². The summed E-state index contributed by atoms with van der Waals surface area (Å²) in [7, 11) is 0. The van der Waals surface area contributed by atoms with Crippen LogP contribution in [0.1, 0.15) is 62.7 Å². The molecule has 3 rings (SSSR count). The topological polar surface area (TPSA) is 28.7 Å². The Kier molecular flexibility index (Phi) is 3.78. The van der Waals surface area contributed by atoms with Crippen LogP contribution in [0.5, 0.6) is 0 Å². The smallest absolute Gasteiger partial charge is 0.345 e. The fourth-order valence-corrected chi connectivity index (χ4v) is 3.76. The Morgan fingerprint density at radius 3 is 2.52 bits per heavy atom. The van der Waals surface area contributed by atoms with Crippen LogP contribution < -0.4 is 0 Å². The van der Waals surface area contributed by atoms with Gasteiger partial charge >= 0.3 is 6.18 Å².